The number of carbonyl (C=O) groups excluding carboxylic acids is 2. The molecule has 0 heterocycles. The highest BCUT2D eigenvalue weighted by molar-refractivity contribution is 5.67. The first-order valence-electron chi connectivity index (χ1n) is 14.8. The number of esters is 2. The summed E-state index contributed by atoms with van der Waals surface area (Å²) < 4.78 is 11.5. The van der Waals surface area contributed by atoms with Gasteiger partial charge in [-0.2, -0.15) is 0 Å². The molecular weight excluding hydrogens is 436 g/mol. The lowest BCUT2D eigenvalue weighted by molar-refractivity contribution is -0.195. The topological polar surface area (TPSA) is 52.6 Å². The van der Waals surface area contributed by atoms with Gasteiger partial charge in [-0.05, 0) is 104 Å². The Hall–Kier alpha value is -1.06. The number of fused-ring (bicyclic) bond motifs is 5. The Morgan fingerprint density at radius 2 is 1.49 bits per heavy atom. The van der Waals surface area contributed by atoms with Gasteiger partial charge in [0.2, 0.25) is 0 Å². The Balaban J connectivity index is 1.50. The van der Waals surface area contributed by atoms with E-state index in [0.717, 1.165) is 42.4 Å². The molecule has 4 aliphatic rings. The molecule has 0 N–H and O–H groups in total. The molecule has 200 valence electrons. The van der Waals surface area contributed by atoms with Crippen LogP contribution in [-0.4, -0.2) is 24.1 Å². The van der Waals surface area contributed by atoms with Gasteiger partial charge in [-0.15, -0.1) is 0 Å². The average molecular weight is 489 g/mol. The minimum Gasteiger partial charge on any atom is -0.459 e. The highest BCUT2D eigenvalue weighted by Crippen LogP contribution is 2.68. The van der Waals surface area contributed by atoms with Crippen LogP contribution in [0.4, 0.5) is 0 Å². The van der Waals surface area contributed by atoms with Crippen LogP contribution in [0.5, 0.6) is 0 Å². The lowest BCUT2D eigenvalue weighted by Gasteiger charge is -2.62. The second kappa shape index (κ2) is 10.4. The zero-order valence-corrected chi connectivity index (χ0v) is 23.6. The second-order valence-corrected chi connectivity index (χ2v) is 13.9. The van der Waals surface area contributed by atoms with Gasteiger partial charge in [0.05, 0.1) is 0 Å². The van der Waals surface area contributed by atoms with E-state index in [2.05, 4.69) is 34.6 Å². The van der Waals surface area contributed by atoms with Crippen LogP contribution in [-0.2, 0) is 19.1 Å². The molecule has 4 nitrogen and oxygen atoms in total. The summed E-state index contributed by atoms with van der Waals surface area (Å²) in [5.41, 5.74) is 0.661. The predicted molar refractivity (Wildman–Crippen MR) is 140 cm³/mol. The van der Waals surface area contributed by atoms with Crippen LogP contribution < -0.4 is 0 Å². The third-order valence-electron chi connectivity index (χ3n) is 11.5. The summed E-state index contributed by atoms with van der Waals surface area (Å²) in [7, 11) is 0. The lowest BCUT2D eigenvalue weighted by Crippen LogP contribution is -2.57. The maximum atomic E-state index is 11.9. The summed E-state index contributed by atoms with van der Waals surface area (Å²) in [5, 5.41) is 0. The van der Waals surface area contributed by atoms with E-state index in [4.69, 9.17) is 9.47 Å². The first-order chi connectivity index (χ1) is 16.5. The summed E-state index contributed by atoms with van der Waals surface area (Å²) >= 11 is 0. The van der Waals surface area contributed by atoms with Crippen LogP contribution in [0.25, 0.3) is 0 Å². The molecule has 0 bridgehead atoms. The molecule has 4 aliphatic carbocycles. The molecule has 4 rings (SSSR count). The molecule has 0 saturated heterocycles. The monoisotopic (exact) mass is 488 g/mol. The van der Waals surface area contributed by atoms with Crippen LogP contribution in [0.1, 0.15) is 119 Å². The van der Waals surface area contributed by atoms with Crippen LogP contribution in [0, 0.1) is 52.3 Å². The fourth-order valence-corrected chi connectivity index (χ4v) is 9.93. The molecule has 4 heteroatoms. The first kappa shape index (κ1) is 27.0. The van der Waals surface area contributed by atoms with Crippen molar-refractivity contribution in [2.45, 2.75) is 131 Å². The van der Waals surface area contributed by atoms with Gasteiger partial charge < -0.3 is 9.47 Å². The summed E-state index contributed by atoms with van der Waals surface area (Å²) in [6.45, 7) is 15.3. The van der Waals surface area contributed by atoms with E-state index in [-0.39, 0.29) is 29.6 Å². The Morgan fingerprint density at radius 3 is 2.14 bits per heavy atom. The second-order valence-electron chi connectivity index (χ2n) is 13.9. The minimum absolute atomic E-state index is 0.169. The summed E-state index contributed by atoms with van der Waals surface area (Å²) in [6, 6.07) is 0. The number of hydrogen-bond donors (Lipinski definition) is 0. The van der Waals surface area contributed by atoms with Gasteiger partial charge in [0.1, 0.15) is 12.2 Å². The lowest BCUT2D eigenvalue weighted by atomic mass is 9.44. The van der Waals surface area contributed by atoms with Gasteiger partial charge in [-0.3, -0.25) is 9.59 Å². The Labute approximate surface area is 214 Å². The molecule has 0 aliphatic heterocycles. The normalized spacial score (nSPS) is 43.6. The Kier molecular flexibility index (Phi) is 7.99. The van der Waals surface area contributed by atoms with Gasteiger partial charge in [0.25, 0.3) is 0 Å². The van der Waals surface area contributed by atoms with Crippen molar-refractivity contribution in [2.24, 2.45) is 52.3 Å². The molecular formula is C31H52O4. The fourth-order valence-electron chi connectivity index (χ4n) is 9.93. The van der Waals surface area contributed by atoms with E-state index in [0.29, 0.717) is 17.3 Å². The summed E-state index contributed by atoms with van der Waals surface area (Å²) in [6.07, 6.45) is 13.3. The van der Waals surface area contributed by atoms with E-state index >= 15 is 0 Å². The standard InChI is InChI=1S/C31H52O4/c1-19(2)9-8-10-20(3)25-13-14-26-24-12-11-23-17-28(34-21(4)32)29(35-22(5)33)18-31(23,7)27(24)15-16-30(25,26)6/h19-20,23-29H,8-18H2,1-7H3/t20-,23+,24+,25-,26+,27+,28-,29-,30-,31+/m1/s1. The molecule has 0 aromatic carbocycles. The highest BCUT2D eigenvalue weighted by atomic mass is 16.6. The van der Waals surface area contributed by atoms with Gasteiger partial charge >= 0.3 is 11.9 Å². The van der Waals surface area contributed by atoms with E-state index in [9.17, 15) is 9.59 Å². The van der Waals surface area contributed by atoms with Gasteiger partial charge in [0.15, 0.2) is 0 Å². The average Bonchev–Trinajstić information content (AvgIpc) is 3.10. The quantitative estimate of drug-likeness (QED) is 0.347. The van der Waals surface area contributed by atoms with E-state index in [1.807, 2.05) is 0 Å². The molecule has 0 unspecified atom stereocenters. The largest absolute Gasteiger partial charge is 0.459 e. The van der Waals surface area contributed by atoms with Crippen LogP contribution >= 0.6 is 0 Å². The number of ether oxygens (including phenoxy) is 2. The van der Waals surface area contributed by atoms with Crippen molar-refractivity contribution in [3.8, 4) is 0 Å². The van der Waals surface area contributed by atoms with Crippen LogP contribution in [0.15, 0.2) is 0 Å². The van der Waals surface area contributed by atoms with E-state index in [1.54, 1.807) is 0 Å². The SMILES string of the molecule is CC(=O)O[C@@H]1C[C@@H]2CC[C@@H]3[C@H](CC[C@]4(C)[C@@H]([C@H](C)CCCC(C)C)CC[C@@H]34)[C@@]2(C)C[C@H]1OC(C)=O. The van der Waals surface area contributed by atoms with Crippen LogP contribution in [0.2, 0.25) is 0 Å². The molecule has 0 radical (unpaired) electrons. The predicted octanol–water partition coefficient (Wildman–Crippen LogP) is 7.58. The molecule has 0 spiro atoms. The fraction of sp³-hybridized carbons (Fsp3) is 0.935. The van der Waals surface area contributed by atoms with Gasteiger partial charge in [-0.1, -0.05) is 53.9 Å². The van der Waals surface area contributed by atoms with Crippen molar-refractivity contribution in [3.63, 3.8) is 0 Å². The molecule has 10 atom stereocenters. The molecule has 0 aromatic rings. The number of carbonyl (C=O) groups is 2. The highest BCUT2D eigenvalue weighted by Gasteiger charge is 2.62. The number of hydrogen-bond acceptors (Lipinski definition) is 4. The molecule has 0 aromatic heterocycles. The zero-order valence-electron chi connectivity index (χ0n) is 23.6. The molecule has 4 saturated carbocycles. The summed E-state index contributed by atoms with van der Waals surface area (Å²) in [5.74, 6) is 4.88. The third kappa shape index (κ3) is 5.19. The maximum absolute atomic E-state index is 11.9. The molecule has 0 amide bonds. The van der Waals surface area contributed by atoms with Crippen molar-refractivity contribution in [1.29, 1.82) is 0 Å². The van der Waals surface area contributed by atoms with Crippen LogP contribution in [0.3, 0.4) is 0 Å². The Bertz CT molecular complexity index is 776. The van der Waals surface area contributed by atoms with Crippen molar-refractivity contribution < 1.29 is 19.1 Å². The number of rotatable bonds is 7. The van der Waals surface area contributed by atoms with Crippen molar-refractivity contribution in [1.82, 2.24) is 0 Å². The Morgan fingerprint density at radius 1 is 0.829 bits per heavy atom. The van der Waals surface area contributed by atoms with E-state index < -0.39 is 0 Å². The summed E-state index contributed by atoms with van der Waals surface area (Å²) in [4.78, 5) is 23.7. The minimum atomic E-state index is -0.304. The maximum Gasteiger partial charge on any atom is 0.303 e. The zero-order chi connectivity index (χ0) is 25.5. The third-order valence-corrected chi connectivity index (χ3v) is 11.5. The van der Waals surface area contributed by atoms with E-state index in [1.165, 1.54) is 71.6 Å². The van der Waals surface area contributed by atoms with Crippen molar-refractivity contribution in [3.05, 3.63) is 0 Å². The van der Waals surface area contributed by atoms with Crippen molar-refractivity contribution in [2.75, 3.05) is 0 Å². The van der Waals surface area contributed by atoms with Gasteiger partial charge in [-0.25, -0.2) is 0 Å². The van der Waals surface area contributed by atoms with Gasteiger partial charge in [0, 0.05) is 13.8 Å². The smallest absolute Gasteiger partial charge is 0.303 e. The molecule has 4 fully saturated rings. The van der Waals surface area contributed by atoms with Crippen molar-refractivity contribution >= 4 is 11.9 Å². The molecule has 35 heavy (non-hydrogen) atoms. The first-order valence-corrected chi connectivity index (χ1v) is 14.8.